The van der Waals surface area contributed by atoms with Gasteiger partial charge in [-0.25, -0.2) is 0 Å². The average molecular weight is 154 g/mol. The van der Waals surface area contributed by atoms with E-state index >= 15 is 0 Å². The second-order valence-electron chi connectivity index (χ2n) is 3.88. The minimum Gasteiger partial charge on any atom is -0.0917 e. The third kappa shape index (κ3) is 7.64. The Balaban J connectivity index is 3.29. The summed E-state index contributed by atoms with van der Waals surface area (Å²) in [5.74, 6) is 1.75. The van der Waals surface area contributed by atoms with E-state index in [0.29, 0.717) is 0 Å². The molecule has 0 aromatic heterocycles. The molecule has 0 saturated carbocycles. The molecule has 11 heavy (non-hydrogen) atoms. The van der Waals surface area contributed by atoms with Crippen molar-refractivity contribution in [2.45, 2.75) is 47.0 Å². The Morgan fingerprint density at radius 3 is 2.27 bits per heavy atom. The summed E-state index contributed by atoms with van der Waals surface area (Å²) in [6, 6.07) is 0. The Hall–Kier alpha value is -0.260. The summed E-state index contributed by atoms with van der Waals surface area (Å²) in [5.41, 5.74) is 0. The highest BCUT2D eigenvalue weighted by atomic mass is 14.1. The van der Waals surface area contributed by atoms with E-state index in [1.165, 1.54) is 19.3 Å². The lowest BCUT2D eigenvalue weighted by Crippen LogP contribution is -1.99. The van der Waals surface area contributed by atoms with Crippen LogP contribution in [0.25, 0.3) is 0 Å². The van der Waals surface area contributed by atoms with Crippen LogP contribution >= 0.6 is 0 Å². The minimum atomic E-state index is 0.857. The summed E-state index contributed by atoms with van der Waals surface area (Å²) in [5, 5.41) is 0. The third-order valence-corrected chi connectivity index (χ3v) is 1.94. The van der Waals surface area contributed by atoms with Crippen LogP contribution in [0.4, 0.5) is 0 Å². The van der Waals surface area contributed by atoms with Gasteiger partial charge in [0.2, 0.25) is 0 Å². The largest absolute Gasteiger partial charge is 0.0917 e. The van der Waals surface area contributed by atoms with Gasteiger partial charge >= 0.3 is 0 Å². The Morgan fingerprint density at radius 2 is 1.82 bits per heavy atom. The molecule has 0 radical (unpaired) electrons. The van der Waals surface area contributed by atoms with Crippen molar-refractivity contribution in [1.82, 2.24) is 0 Å². The van der Waals surface area contributed by atoms with E-state index in [1.54, 1.807) is 0 Å². The van der Waals surface area contributed by atoms with Gasteiger partial charge in [-0.2, -0.15) is 0 Å². The van der Waals surface area contributed by atoms with Gasteiger partial charge in [0.05, 0.1) is 0 Å². The van der Waals surface area contributed by atoms with Crippen molar-refractivity contribution >= 4 is 0 Å². The molecule has 0 aromatic carbocycles. The summed E-state index contributed by atoms with van der Waals surface area (Å²) in [7, 11) is 0. The molecule has 0 aromatic rings. The highest BCUT2D eigenvalue weighted by Crippen LogP contribution is 2.16. The SMILES string of the molecule is C/C=C/CCC(C)CC(C)C. The predicted octanol–water partition coefficient (Wildman–Crippen LogP) is 4.02. The van der Waals surface area contributed by atoms with Crippen LogP contribution < -0.4 is 0 Å². The summed E-state index contributed by atoms with van der Waals surface area (Å²) >= 11 is 0. The van der Waals surface area contributed by atoms with Crippen LogP contribution in [-0.2, 0) is 0 Å². The van der Waals surface area contributed by atoms with Gasteiger partial charge in [-0.3, -0.25) is 0 Å². The van der Waals surface area contributed by atoms with E-state index in [4.69, 9.17) is 0 Å². The normalized spacial score (nSPS) is 14.6. The third-order valence-electron chi connectivity index (χ3n) is 1.94. The molecular formula is C11H22. The molecule has 1 atom stereocenters. The van der Waals surface area contributed by atoms with Crippen LogP contribution in [0.1, 0.15) is 47.0 Å². The molecule has 1 unspecified atom stereocenters. The van der Waals surface area contributed by atoms with E-state index in [0.717, 1.165) is 11.8 Å². The quantitative estimate of drug-likeness (QED) is 0.524. The molecule has 0 rings (SSSR count). The first kappa shape index (κ1) is 10.7. The first-order valence-electron chi connectivity index (χ1n) is 4.78. The van der Waals surface area contributed by atoms with Gasteiger partial charge in [0.25, 0.3) is 0 Å². The van der Waals surface area contributed by atoms with E-state index in [-0.39, 0.29) is 0 Å². The molecule has 0 nitrogen and oxygen atoms in total. The second kappa shape index (κ2) is 6.45. The Morgan fingerprint density at radius 1 is 1.18 bits per heavy atom. The molecule has 0 aliphatic heterocycles. The van der Waals surface area contributed by atoms with Crippen molar-refractivity contribution in [3.63, 3.8) is 0 Å². The van der Waals surface area contributed by atoms with E-state index in [1.807, 2.05) is 0 Å². The van der Waals surface area contributed by atoms with Gasteiger partial charge in [0.15, 0.2) is 0 Å². The average Bonchev–Trinajstić information content (AvgIpc) is 1.86. The number of hydrogen-bond acceptors (Lipinski definition) is 0. The fourth-order valence-electron chi connectivity index (χ4n) is 1.47. The monoisotopic (exact) mass is 154 g/mol. The summed E-state index contributed by atoms with van der Waals surface area (Å²) in [6.45, 7) is 9.04. The Kier molecular flexibility index (Phi) is 6.30. The molecule has 0 saturated heterocycles. The number of rotatable bonds is 5. The first-order valence-corrected chi connectivity index (χ1v) is 4.78. The van der Waals surface area contributed by atoms with E-state index < -0.39 is 0 Å². The molecule has 0 heteroatoms. The van der Waals surface area contributed by atoms with Crippen LogP contribution in [0.3, 0.4) is 0 Å². The fraction of sp³-hybridized carbons (Fsp3) is 0.818. The van der Waals surface area contributed by atoms with Gasteiger partial charge in [-0.05, 0) is 38.0 Å². The van der Waals surface area contributed by atoms with Gasteiger partial charge < -0.3 is 0 Å². The molecule has 0 aliphatic rings. The van der Waals surface area contributed by atoms with Crippen LogP contribution in [-0.4, -0.2) is 0 Å². The van der Waals surface area contributed by atoms with Crippen LogP contribution in [0.5, 0.6) is 0 Å². The lowest BCUT2D eigenvalue weighted by molar-refractivity contribution is 0.418. The second-order valence-corrected chi connectivity index (χ2v) is 3.88. The summed E-state index contributed by atoms with van der Waals surface area (Å²) < 4.78 is 0. The van der Waals surface area contributed by atoms with Gasteiger partial charge in [0, 0.05) is 0 Å². The molecule has 0 fully saturated rings. The zero-order valence-corrected chi connectivity index (χ0v) is 8.43. The zero-order chi connectivity index (χ0) is 8.69. The van der Waals surface area contributed by atoms with Crippen molar-refractivity contribution < 1.29 is 0 Å². The van der Waals surface area contributed by atoms with Crippen LogP contribution in [0, 0.1) is 11.8 Å². The smallest absolute Gasteiger partial charge is 0.0348 e. The minimum absolute atomic E-state index is 0.857. The van der Waals surface area contributed by atoms with Crippen molar-refractivity contribution in [2.75, 3.05) is 0 Å². The van der Waals surface area contributed by atoms with Gasteiger partial charge in [-0.15, -0.1) is 0 Å². The highest BCUT2D eigenvalue weighted by molar-refractivity contribution is 4.77. The lowest BCUT2D eigenvalue weighted by Gasteiger charge is -2.11. The predicted molar refractivity (Wildman–Crippen MR) is 52.7 cm³/mol. The zero-order valence-electron chi connectivity index (χ0n) is 8.43. The Bertz CT molecular complexity index is 101. The molecule has 0 bridgehead atoms. The highest BCUT2D eigenvalue weighted by Gasteiger charge is 2.02. The molecule has 66 valence electrons. The number of hydrogen-bond donors (Lipinski definition) is 0. The molecule has 0 spiro atoms. The lowest BCUT2D eigenvalue weighted by atomic mass is 9.95. The first-order chi connectivity index (χ1) is 5.16. The van der Waals surface area contributed by atoms with E-state index in [2.05, 4.69) is 39.8 Å². The van der Waals surface area contributed by atoms with E-state index in [9.17, 15) is 0 Å². The topological polar surface area (TPSA) is 0 Å². The summed E-state index contributed by atoms with van der Waals surface area (Å²) in [4.78, 5) is 0. The fourth-order valence-corrected chi connectivity index (χ4v) is 1.47. The molecule has 0 heterocycles. The van der Waals surface area contributed by atoms with Gasteiger partial charge in [-0.1, -0.05) is 32.9 Å². The van der Waals surface area contributed by atoms with Crippen molar-refractivity contribution in [3.8, 4) is 0 Å². The molecular weight excluding hydrogens is 132 g/mol. The van der Waals surface area contributed by atoms with Crippen molar-refractivity contribution in [1.29, 1.82) is 0 Å². The van der Waals surface area contributed by atoms with Crippen LogP contribution in [0.15, 0.2) is 12.2 Å². The van der Waals surface area contributed by atoms with Crippen LogP contribution in [0.2, 0.25) is 0 Å². The number of allylic oxidation sites excluding steroid dienone is 2. The van der Waals surface area contributed by atoms with Crippen molar-refractivity contribution in [2.24, 2.45) is 11.8 Å². The maximum absolute atomic E-state index is 2.35. The molecule has 0 aliphatic carbocycles. The Labute approximate surface area is 71.7 Å². The molecule has 0 amide bonds. The maximum Gasteiger partial charge on any atom is -0.0348 e. The van der Waals surface area contributed by atoms with Crippen molar-refractivity contribution in [3.05, 3.63) is 12.2 Å². The summed E-state index contributed by atoms with van der Waals surface area (Å²) in [6.07, 6.45) is 8.38. The maximum atomic E-state index is 2.35. The van der Waals surface area contributed by atoms with Gasteiger partial charge in [0.1, 0.15) is 0 Å². The standard InChI is InChI=1S/C11H22/c1-5-6-7-8-11(4)9-10(2)3/h5-6,10-11H,7-9H2,1-4H3/b6-5+. The molecule has 0 N–H and O–H groups in total.